The lowest BCUT2D eigenvalue weighted by Gasteiger charge is -2.27. The number of carbonyl (C=O) groups excluding carboxylic acids is 2. The zero-order valence-corrected chi connectivity index (χ0v) is 19.5. The first kappa shape index (κ1) is 26.9. The molecule has 1 N–H and O–H groups in total. The summed E-state index contributed by atoms with van der Waals surface area (Å²) in [5.41, 5.74) is -2.70. The van der Waals surface area contributed by atoms with Gasteiger partial charge in [-0.05, 0) is 49.2 Å². The highest BCUT2D eigenvalue weighted by Crippen LogP contribution is 2.36. The van der Waals surface area contributed by atoms with E-state index in [1.807, 2.05) is 4.90 Å². The van der Waals surface area contributed by atoms with Crippen molar-refractivity contribution in [3.05, 3.63) is 52.3 Å². The van der Waals surface area contributed by atoms with E-state index in [1.54, 1.807) is 4.68 Å². The number of amides is 1. The molecule has 2 aliphatic rings. The fourth-order valence-electron chi connectivity index (χ4n) is 4.47. The Morgan fingerprint density at radius 1 is 1.00 bits per heavy atom. The molecule has 0 unspecified atom stereocenters. The van der Waals surface area contributed by atoms with Crippen LogP contribution in [0.25, 0.3) is 0 Å². The van der Waals surface area contributed by atoms with Crippen molar-refractivity contribution in [2.24, 2.45) is 0 Å². The summed E-state index contributed by atoms with van der Waals surface area (Å²) in [6.07, 6.45) is -9.25. The lowest BCUT2D eigenvalue weighted by atomic mass is 10.1. The van der Waals surface area contributed by atoms with Crippen LogP contribution in [0.5, 0.6) is 0 Å². The molecule has 37 heavy (non-hydrogen) atoms. The normalized spacial score (nSPS) is 18.7. The number of hydrogen-bond donors (Lipinski definition) is 1. The maximum Gasteiger partial charge on any atom is 0.416 e. The van der Waals surface area contributed by atoms with Crippen LogP contribution in [0.3, 0.4) is 0 Å². The quantitative estimate of drug-likeness (QED) is 0.449. The van der Waals surface area contributed by atoms with Crippen molar-refractivity contribution < 1.29 is 45.8 Å². The van der Waals surface area contributed by atoms with Crippen LogP contribution in [0, 0.1) is 0 Å². The highest BCUT2D eigenvalue weighted by atomic mass is 19.4. The van der Waals surface area contributed by atoms with Crippen LogP contribution in [-0.4, -0.2) is 68.8 Å². The van der Waals surface area contributed by atoms with Crippen LogP contribution in [-0.2, 0) is 36.8 Å². The van der Waals surface area contributed by atoms with E-state index in [0.29, 0.717) is 24.4 Å². The number of carbonyl (C=O) groups is 2. The van der Waals surface area contributed by atoms with Crippen molar-refractivity contribution >= 4 is 11.9 Å². The van der Waals surface area contributed by atoms with Crippen LogP contribution < -0.4 is 0 Å². The van der Waals surface area contributed by atoms with E-state index in [1.165, 1.54) is 11.0 Å². The Balaban J connectivity index is 1.39. The van der Waals surface area contributed by atoms with Gasteiger partial charge in [-0.2, -0.15) is 31.4 Å². The molecule has 3 heterocycles. The molecular weight excluding hydrogens is 510 g/mol. The first-order valence-corrected chi connectivity index (χ1v) is 11.5. The third kappa shape index (κ3) is 6.24. The molecule has 0 spiro atoms. The van der Waals surface area contributed by atoms with Gasteiger partial charge in [0.2, 0.25) is 0 Å². The number of ether oxygens (including phenoxy) is 1. The zero-order chi connectivity index (χ0) is 27.0. The second-order valence-electron chi connectivity index (χ2n) is 9.01. The molecule has 2 aromatic rings. The van der Waals surface area contributed by atoms with Gasteiger partial charge < -0.3 is 14.7 Å². The van der Waals surface area contributed by atoms with E-state index in [-0.39, 0.29) is 56.4 Å². The Kier molecular flexibility index (Phi) is 7.51. The number of aliphatic hydroxyl groups is 1. The summed E-state index contributed by atoms with van der Waals surface area (Å²) in [4.78, 5) is 28.3. The lowest BCUT2D eigenvalue weighted by molar-refractivity contribution is -0.143. The smallest absolute Gasteiger partial charge is 0.416 e. The monoisotopic (exact) mass is 534 g/mol. The van der Waals surface area contributed by atoms with Crippen LogP contribution >= 0.6 is 0 Å². The summed E-state index contributed by atoms with van der Waals surface area (Å²) in [5, 5.41) is 13.7. The summed E-state index contributed by atoms with van der Waals surface area (Å²) in [6, 6.07) is 2.48. The number of hydrogen-bond acceptors (Lipinski definition) is 6. The molecule has 1 saturated heterocycles. The Morgan fingerprint density at radius 3 is 2.30 bits per heavy atom. The topological polar surface area (TPSA) is 87.9 Å². The number of rotatable bonds is 6. The average Bonchev–Trinajstić information content (AvgIpc) is 3.47. The number of benzene rings is 1. The third-order valence-electron chi connectivity index (χ3n) is 6.41. The van der Waals surface area contributed by atoms with Gasteiger partial charge in [-0.15, -0.1) is 0 Å². The summed E-state index contributed by atoms with van der Waals surface area (Å²) < 4.78 is 84.9. The molecule has 202 valence electrons. The molecule has 14 heteroatoms. The molecule has 0 radical (unpaired) electrons. The maximum absolute atomic E-state index is 13.0. The molecular formula is C23H24F6N4O4. The summed E-state index contributed by atoms with van der Waals surface area (Å²) in [6.45, 7) is 0.317. The van der Waals surface area contributed by atoms with Crippen molar-refractivity contribution in [1.29, 1.82) is 0 Å². The lowest BCUT2D eigenvalue weighted by Crippen LogP contribution is -2.38. The SMILES string of the molecule is O=C(CN1CCC[C@H]1CO)c1cc2n(n1)CCN(C(=O)OCc1cc(C(F)(F)F)cc(C(F)(F)F)c1)C2. The van der Waals surface area contributed by atoms with Gasteiger partial charge in [-0.25, -0.2) is 4.79 Å². The molecule has 1 atom stereocenters. The van der Waals surface area contributed by atoms with Gasteiger partial charge in [0.25, 0.3) is 0 Å². The molecule has 0 saturated carbocycles. The van der Waals surface area contributed by atoms with Gasteiger partial charge in [-0.1, -0.05) is 0 Å². The number of aliphatic hydroxyl groups excluding tert-OH is 1. The second kappa shape index (κ2) is 10.3. The van der Waals surface area contributed by atoms with Crippen molar-refractivity contribution in [2.75, 3.05) is 26.2 Å². The van der Waals surface area contributed by atoms with E-state index in [0.717, 1.165) is 12.8 Å². The zero-order valence-electron chi connectivity index (χ0n) is 19.5. The van der Waals surface area contributed by atoms with E-state index < -0.39 is 41.7 Å². The number of aromatic nitrogens is 2. The van der Waals surface area contributed by atoms with Crippen LogP contribution in [0.4, 0.5) is 31.1 Å². The number of ketones is 1. The fraction of sp³-hybridized carbons (Fsp3) is 0.522. The number of alkyl halides is 6. The van der Waals surface area contributed by atoms with Gasteiger partial charge in [0.05, 0.1) is 43.1 Å². The van der Waals surface area contributed by atoms with Crippen LogP contribution in [0.1, 0.15) is 45.7 Å². The first-order chi connectivity index (χ1) is 17.3. The highest BCUT2D eigenvalue weighted by molar-refractivity contribution is 5.96. The van der Waals surface area contributed by atoms with E-state index >= 15 is 0 Å². The Labute approximate surface area is 207 Å². The molecule has 4 rings (SSSR count). The summed E-state index contributed by atoms with van der Waals surface area (Å²) in [7, 11) is 0. The number of Topliss-reactive ketones (excluding diaryl/α,β-unsaturated/α-hetero) is 1. The van der Waals surface area contributed by atoms with Crippen molar-refractivity contribution in [3.63, 3.8) is 0 Å². The van der Waals surface area contributed by atoms with E-state index in [4.69, 9.17) is 4.74 Å². The Morgan fingerprint density at radius 2 is 1.68 bits per heavy atom. The minimum absolute atomic E-state index is 0.00150. The van der Waals surface area contributed by atoms with Gasteiger partial charge in [-0.3, -0.25) is 14.4 Å². The fourth-order valence-corrected chi connectivity index (χ4v) is 4.47. The van der Waals surface area contributed by atoms with Crippen molar-refractivity contribution in [1.82, 2.24) is 19.6 Å². The van der Waals surface area contributed by atoms with E-state index in [2.05, 4.69) is 5.10 Å². The number of nitrogens with zero attached hydrogens (tertiary/aromatic N) is 4. The molecule has 1 fully saturated rings. The largest absolute Gasteiger partial charge is 0.445 e. The maximum atomic E-state index is 13.0. The van der Waals surface area contributed by atoms with Gasteiger partial charge in [0, 0.05) is 12.6 Å². The summed E-state index contributed by atoms with van der Waals surface area (Å²) >= 11 is 0. The van der Waals surface area contributed by atoms with Crippen LogP contribution in [0.15, 0.2) is 24.3 Å². The van der Waals surface area contributed by atoms with E-state index in [9.17, 15) is 41.0 Å². The minimum Gasteiger partial charge on any atom is -0.445 e. The second-order valence-corrected chi connectivity index (χ2v) is 9.01. The Bertz CT molecular complexity index is 1130. The molecule has 2 aliphatic heterocycles. The van der Waals surface area contributed by atoms with Gasteiger partial charge in [0.1, 0.15) is 12.3 Å². The third-order valence-corrected chi connectivity index (χ3v) is 6.41. The van der Waals surface area contributed by atoms with Gasteiger partial charge >= 0.3 is 18.4 Å². The summed E-state index contributed by atoms with van der Waals surface area (Å²) in [5.74, 6) is -0.235. The van der Waals surface area contributed by atoms with Crippen molar-refractivity contribution in [2.45, 2.75) is 50.9 Å². The molecule has 1 amide bonds. The minimum atomic E-state index is -5.01. The average molecular weight is 534 g/mol. The predicted molar refractivity (Wildman–Crippen MR) is 115 cm³/mol. The number of likely N-dealkylation sites (tertiary alicyclic amines) is 1. The van der Waals surface area contributed by atoms with Crippen LogP contribution in [0.2, 0.25) is 0 Å². The highest BCUT2D eigenvalue weighted by Gasteiger charge is 2.37. The number of fused-ring (bicyclic) bond motifs is 1. The molecule has 0 aliphatic carbocycles. The number of halogens is 6. The molecule has 0 bridgehead atoms. The first-order valence-electron chi connectivity index (χ1n) is 11.5. The predicted octanol–water partition coefficient (Wildman–Crippen LogP) is 3.71. The van der Waals surface area contributed by atoms with Crippen molar-refractivity contribution in [3.8, 4) is 0 Å². The molecule has 1 aromatic heterocycles. The molecule has 1 aromatic carbocycles. The molecule has 8 nitrogen and oxygen atoms in total. The van der Waals surface area contributed by atoms with Gasteiger partial charge in [0.15, 0.2) is 5.78 Å². The Hall–Kier alpha value is -3.13. The standard InChI is InChI=1S/C23H24F6N4O4/c24-22(25,26)15-6-14(7-16(8-15)23(27,28)29)13-37-21(36)32-4-5-33-18(10-32)9-19(30-33)20(35)11-31-3-1-2-17(31)12-34/h6-9,17,34H,1-5,10-13H2/t17-/m0/s1.